The minimum Gasteiger partial charge on any atom is -0.412 e. The highest BCUT2D eigenvalue weighted by Gasteiger charge is 2.30. The average Bonchev–Trinajstić information content (AvgIpc) is 2.70. The van der Waals surface area contributed by atoms with E-state index in [9.17, 15) is 4.79 Å². The number of pyridine rings is 1. The van der Waals surface area contributed by atoms with E-state index in [0.29, 0.717) is 5.56 Å². The lowest BCUT2D eigenvalue weighted by atomic mass is 10.0. The van der Waals surface area contributed by atoms with Crippen LogP contribution in [-0.2, 0) is 4.74 Å². The molecule has 3 N–H and O–H groups in total. The lowest BCUT2D eigenvalue weighted by Crippen LogP contribution is -2.55. The van der Waals surface area contributed by atoms with Crippen molar-refractivity contribution in [3.8, 4) is 0 Å². The van der Waals surface area contributed by atoms with Gasteiger partial charge in [0, 0.05) is 55.3 Å². The average molecular weight is 390 g/mol. The molecule has 1 aliphatic heterocycles. The Kier molecular flexibility index (Phi) is 8.74. The van der Waals surface area contributed by atoms with Crippen molar-refractivity contribution in [1.29, 1.82) is 0 Å². The largest absolute Gasteiger partial charge is 0.412 e. The predicted molar refractivity (Wildman–Crippen MR) is 108 cm³/mol. The molecular weight excluding hydrogens is 362 g/mol. The summed E-state index contributed by atoms with van der Waals surface area (Å²) in [5.41, 5.74) is 0.693. The van der Waals surface area contributed by atoms with Gasteiger partial charge in [0.25, 0.3) is 5.91 Å². The van der Waals surface area contributed by atoms with Crippen LogP contribution in [0.2, 0.25) is 0 Å². The minimum atomic E-state index is -0.0284. The van der Waals surface area contributed by atoms with Crippen LogP contribution in [0.1, 0.15) is 16.8 Å². The molecule has 2 atom stereocenters. The van der Waals surface area contributed by atoms with Gasteiger partial charge in [-0.3, -0.25) is 14.7 Å². The second-order valence-corrected chi connectivity index (χ2v) is 7.51. The minimum absolute atomic E-state index is 0. The van der Waals surface area contributed by atoms with Gasteiger partial charge in [-0.05, 0) is 30.7 Å². The Balaban J connectivity index is 0.00000261. The van der Waals surface area contributed by atoms with Crippen molar-refractivity contribution < 1.29 is 15.0 Å². The number of rotatable bonds is 7. The molecule has 0 spiro atoms. The number of nitrogens with one attached hydrogen (secondary N) is 1. The Labute approximate surface area is 164 Å². The Hall–Kier alpha value is -1.93. The van der Waals surface area contributed by atoms with Crippen LogP contribution in [0.25, 0.3) is 0 Å². The van der Waals surface area contributed by atoms with E-state index in [1.54, 1.807) is 7.11 Å². The fourth-order valence-corrected chi connectivity index (χ4v) is 4.06. The number of benzene rings is 1. The van der Waals surface area contributed by atoms with Crippen molar-refractivity contribution in [2.75, 3.05) is 32.5 Å². The van der Waals surface area contributed by atoms with Gasteiger partial charge in [-0.2, -0.15) is 0 Å². The third-order valence-corrected chi connectivity index (χ3v) is 5.62. The van der Waals surface area contributed by atoms with Crippen LogP contribution in [0.5, 0.6) is 0 Å². The highest BCUT2D eigenvalue weighted by atomic mass is 32.2. The van der Waals surface area contributed by atoms with Crippen molar-refractivity contribution in [3.63, 3.8) is 0 Å². The smallest absolute Gasteiger partial charge is 0.251 e. The number of likely N-dealkylation sites (tertiary alicyclic amines) is 1. The van der Waals surface area contributed by atoms with Gasteiger partial charge in [-0.1, -0.05) is 18.2 Å². The second kappa shape index (κ2) is 11.0. The topological polar surface area (TPSA) is 86.0 Å². The summed E-state index contributed by atoms with van der Waals surface area (Å²) in [7, 11) is 1.72. The van der Waals surface area contributed by atoms with E-state index in [0.717, 1.165) is 31.8 Å². The fourth-order valence-electron chi connectivity index (χ4n) is 3.16. The van der Waals surface area contributed by atoms with Gasteiger partial charge in [0.2, 0.25) is 0 Å². The van der Waals surface area contributed by atoms with Gasteiger partial charge < -0.3 is 15.5 Å². The van der Waals surface area contributed by atoms with Gasteiger partial charge in [0.05, 0.1) is 12.1 Å². The molecule has 0 aliphatic carbocycles. The standard InChI is InChI=1S/C20H25N3O2S.H2O/c1-25-19-15-23(13-14-26-17-7-10-21-11-8-17)12-9-18(19)22-20(24)16-5-3-2-4-6-16;/h2-8,10-11,18-19H,9,12-15H2,1H3,(H,22,24);1H2. The Bertz CT molecular complexity index is 687. The maximum absolute atomic E-state index is 12.4. The Morgan fingerprint density at radius 1 is 1.26 bits per heavy atom. The normalized spacial score (nSPS) is 19.9. The summed E-state index contributed by atoms with van der Waals surface area (Å²) in [5, 5.41) is 3.14. The first-order valence-electron chi connectivity index (χ1n) is 8.90. The predicted octanol–water partition coefficient (Wildman–Crippen LogP) is 1.87. The molecule has 2 heterocycles. The highest BCUT2D eigenvalue weighted by Crippen LogP contribution is 2.19. The number of nitrogens with zero attached hydrogens (tertiary/aromatic N) is 2. The van der Waals surface area contributed by atoms with E-state index in [1.807, 2.05) is 66.6 Å². The molecule has 7 heteroatoms. The summed E-state index contributed by atoms with van der Waals surface area (Å²) in [4.78, 5) is 20.1. The van der Waals surface area contributed by atoms with E-state index in [4.69, 9.17) is 4.74 Å². The fraction of sp³-hybridized carbons (Fsp3) is 0.400. The van der Waals surface area contributed by atoms with Gasteiger partial charge >= 0.3 is 0 Å². The molecule has 2 unspecified atom stereocenters. The Morgan fingerprint density at radius 3 is 2.70 bits per heavy atom. The number of methoxy groups -OCH3 is 1. The van der Waals surface area contributed by atoms with Crippen molar-refractivity contribution in [2.24, 2.45) is 0 Å². The monoisotopic (exact) mass is 389 g/mol. The van der Waals surface area contributed by atoms with E-state index in [-0.39, 0.29) is 23.5 Å². The number of carbonyl (C=O) groups is 1. The van der Waals surface area contributed by atoms with Crippen molar-refractivity contribution in [2.45, 2.75) is 23.5 Å². The molecule has 0 bridgehead atoms. The van der Waals surface area contributed by atoms with Gasteiger partial charge in [-0.15, -0.1) is 11.8 Å². The van der Waals surface area contributed by atoms with Crippen molar-refractivity contribution in [3.05, 3.63) is 60.4 Å². The van der Waals surface area contributed by atoms with Crippen LogP contribution in [0.3, 0.4) is 0 Å². The second-order valence-electron chi connectivity index (χ2n) is 6.34. The molecule has 1 aliphatic rings. The third kappa shape index (κ3) is 6.32. The van der Waals surface area contributed by atoms with E-state index in [1.165, 1.54) is 4.90 Å². The highest BCUT2D eigenvalue weighted by molar-refractivity contribution is 7.99. The van der Waals surface area contributed by atoms with Gasteiger partial charge in [-0.25, -0.2) is 0 Å². The Morgan fingerprint density at radius 2 is 2.00 bits per heavy atom. The zero-order valence-electron chi connectivity index (χ0n) is 15.5. The zero-order valence-corrected chi connectivity index (χ0v) is 16.3. The molecule has 27 heavy (non-hydrogen) atoms. The van der Waals surface area contributed by atoms with E-state index < -0.39 is 0 Å². The van der Waals surface area contributed by atoms with Crippen LogP contribution < -0.4 is 5.32 Å². The molecule has 3 rings (SSSR count). The summed E-state index contributed by atoms with van der Waals surface area (Å²) in [6.45, 7) is 2.82. The summed E-state index contributed by atoms with van der Waals surface area (Å²) < 4.78 is 5.66. The first-order valence-corrected chi connectivity index (χ1v) is 9.88. The number of aromatic nitrogens is 1. The molecule has 1 amide bonds. The molecule has 2 aromatic rings. The molecule has 0 radical (unpaired) electrons. The van der Waals surface area contributed by atoms with Crippen LogP contribution in [0.4, 0.5) is 0 Å². The molecule has 1 saturated heterocycles. The van der Waals surface area contributed by atoms with E-state index >= 15 is 0 Å². The number of piperidine rings is 1. The van der Waals surface area contributed by atoms with E-state index in [2.05, 4.69) is 15.2 Å². The van der Waals surface area contributed by atoms with Gasteiger partial charge in [0.15, 0.2) is 0 Å². The number of carbonyl (C=O) groups excluding carboxylic acids is 1. The number of amides is 1. The molecule has 1 fully saturated rings. The van der Waals surface area contributed by atoms with Crippen LogP contribution in [0, 0.1) is 0 Å². The quantitative estimate of drug-likeness (QED) is 0.731. The SMILES string of the molecule is COC1CN(CCSc2ccncc2)CCC1NC(=O)c1ccccc1.O. The lowest BCUT2D eigenvalue weighted by Gasteiger charge is -2.38. The van der Waals surface area contributed by atoms with Crippen LogP contribution in [0.15, 0.2) is 59.8 Å². The molecule has 1 aromatic carbocycles. The number of hydrogen-bond donors (Lipinski definition) is 1. The summed E-state index contributed by atoms with van der Waals surface area (Å²) in [6.07, 6.45) is 4.56. The first-order chi connectivity index (χ1) is 12.8. The van der Waals surface area contributed by atoms with Crippen LogP contribution in [-0.4, -0.2) is 65.9 Å². The molecule has 0 saturated carbocycles. The summed E-state index contributed by atoms with van der Waals surface area (Å²) >= 11 is 1.84. The molecular formula is C20H27N3O3S. The number of thioether (sulfide) groups is 1. The molecule has 6 nitrogen and oxygen atoms in total. The summed E-state index contributed by atoms with van der Waals surface area (Å²) in [6, 6.07) is 13.5. The van der Waals surface area contributed by atoms with Crippen molar-refractivity contribution in [1.82, 2.24) is 15.2 Å². The summed E-state index contributed by atoms with van der Waals surface area (Å²) in [5.74, 6) is 1.00. The third-order valence-electron chi connectivity index (χ3n) is 4.62. The number of ether oxygens (including phenoxy) is 1. The number of hydrogen-bond acceptors (Lipinski definition) is 5. The van der Waals surface area contributed by atoms with Crippen molar-refractivity contribution >= 4 is 17.7 Å². The lowest BCUT2D eigenvalue weighted by molar-refractivity contribution is 0.00837. The van der Waals surface area contributed by atoms with Crippen LogP contribution >= 0.6 is 11.8 Å². The molecule has 146 valence electrons. The van der Waals surface area contributed by atoms with Gasteiger partial charge in [0.1, 0.15) is 0 Å². The maximum Gasteiger partial charge on any atom is 0.251 e. The maximum atomic E-state index is 12.4. The molecule has 1 aromatic heterocycles. The first kappa shape index (κ1) is 21.4. The zero-order chi connectivity index (χ0) is 18.2.